The molecule has 9 heteroatoms. The second kappa shape index (κ2) is 9.25. The number of sulfonamides is 1. The van der Waals surface area contributed by atoms with Crippen molar-refractivity contribution in [1.82, 2.24) is 4.31 Å². The number of nitrogens with zero attached hydrogens (tertiary/aromatic N) is 1. The van der Waals surface area contributed by atoms with E-state index in [1.165, 1.54) is 4.31 Å². The molecular weight excluding hydrogens is 458 g/mol. The Morgan fingerprint density at radius 2 is 1.70 bits per heavy atom. The molecule has 1 heterocycles. The van der Waals surface area contributed by atoms with Crippen molar-refractivity contribution in [3.8, 4) is 11.5 Å². The standard InChI is InChI=1S/C18H19BrClNO5S/c19-14-1-6-18(17(20)13-14)26-12-11-25-15-2-4-16(5-3-15)27(22,23)21-7-9-24-10-8-21/h1-6,13H,7-12H2. The van der Waals surface area contributed by atoms with Crippen molar-refractivity contribution in [2.45, 2.75) is 4.90 Å². The van der Waals surface area contributed by atoms with Crippen molar-refractivity contribution < 1.29 is 22.6 Å². The summed E-state index contributed by atoms with van der Waals surface area (Å²) in [5.41, 5.74) is 0. The van der Waals surface area contributed by atoms with Crippen LogP contribution in [0.5, 0.6) is 11.5 Å². The van der Waals surface area contributed by atoms with Crippen molar-refractivity contribution in [1.29, 1.82) is 0 Å². The Morgan fingerprint density at radius 3 is 2.37 bits per heavy atom. The molecule has 27 heavy (non-hydrogen) atoms. The zero-order valence-electron chi connectivity index (χ0n) is 14.4. The summed E-state index contributed by atoms with van der Waals surface area (Å²) in [5.74, 6) is 1.15. The van der Waals surface area contributed by atoms with E-state index in [0.717, 1.165) is 4.47 Å². The average Bonchev–Trinajstić information content (AvgIpc) is 2.68. The molecule has 2 aromatic carbocycles. The lowest BCUT2D eigenvalue weighted by Crippen LogP contribution is -2.40. The molecule has 3 rings (SSSR count). The van der Waals surface area contributed by atoms with Gasteiger partial charge in [-0.25, -0.2) is 8.42 Å². The Labute approximate surface area is 172 Å². The van der Waals surface area contributed by atoms with Crippen molar-refractivity contribution in [2.75, 3.05) is 39.5 Å². The Bertz CT molecular complexity index is 870. The largest absolute Gasteiger partial charge is 0.490 e. The maximum Gasteiger partial charge on any atom is 0.243 e. The summed E-state index contributed by atoms with van der Waals surface area (Å²) in [5, 5.41) is 0.516. The molecule has 0 atom stereocenters. The van der Waals surface area contributed by atoms with Crippen molar-refractivity contribution in [3.05, 3.63) is 52.0 Å². The molecule has 0 saturated carbocycles. The summed E-state index contributed by atoms with van der Waals surface area (Å²) < 4.78 is 43.8. The van der Waals surface area contributed by atoms with Crippen molar-refractivity contribution in [2.24, 2.45) is 0 Å². The van der Waals surface area contributed by atoms with Gasteiger partial charge in [-0.05, 0) is 42.5 Å². The van der Waals surface area contributed by atoms with Crippen LogP contribution < -0.4 is 9.47 Å². The minimum atomic E-state index is -3.49. The van der Waals surface area contributed by atoms with Gasteiger partial charge in [0.25, 0.3) is 0 Å². The van der Waals surface area contributed by atoms with Crippen LogP contribution in [-0.2, 0) is 14.8 Å². The van der Waals surface area contributed by atoms with Crippen LogP contribution in [0.15, 0.2) is 51.8 Å². The molecule has 0 radical (unpaired) electrons. The highest BCUT2D eigenvalue weighted by Crippen LogP contribution is 2.27. The number of benzene rings is 2. The number of ether oxygens (including phenoxy) is 3. The summed E-state index contributed by atoms with van der Waals surface area (Å²) in [7, 11) is -3.49. The number of hydrogen-bond donors (Lipinski definition) is 0. The number of rotatable bonds is 7. The van der Waals surface area contributed by atoms with Gasteiger partial charge < -0.3 is 14.2 Å². The van der Waals surface area contributed by atoms with Crippen molar-refractivity contribution >= 4 is 37.6 Å². The molecule has 0 spiro atoms. The summed E-state index contributed by atoms with van der Waals surface area (Å²) in [4.78, 5) is 0.245. The van der Waals surface area contributed by atoms with Gasteiger partial charge in [0.2, 0.25) is 10.0 Å². The summed E-state index contributed by atoms with van der Waals surface area (Å²) >= 11 is 9.42. The fourth-order valence-corrected chi connectivity index (χ4v) is 4.68. The molecule has 1 saturated heterocycles. The third kappa shape index (κ3) is 5.36. The summed E-state index contributed by atoms with van der Waals surface area (Å²) in [6, 6.07) is 11.7. The maximum absolute atomic E-state index is 12.6. The van der Waals surface area contributed by atoms with Crippen LogP contribution in [0.3, 0.4) is 0 Å². The number of morpholine rings is 1. The molecule has 0 aliphatic carbocycles. The highest BCUT2D eigenvalue weighted by atomic mass is 79.9. The van der Waals surface area contributed by atoms with E-state index in [9.17, 15) is 8.42 Å². The molecule has 1 fully saturated rings. The highest BCUT2D eigenvalue weighted by Gasteiger charge is 2.26. The van der Waals surface area contributed by atoms with Crippen LogP contribution in [0, 0.1) is 0 Å². The van der Waals surface area contributed by atoms with Gasteiger partial charge in [0.05, 0.1) is 23.1 Å². The zero-order chi connectivity index (χ0) is 19.3. The third-order valence-electron chi connectivity index (χ3n) is 3.94. The van der Waals surface area contributed by atoms with Gasteiger partial charge in [0.15, 0.2) is 0 Å². The SMILES string of the molecule is O=S(=O)(c1ccc(OCCOc2ccc(Br)cc2Cl)cc1)N1CCOCC1. The molecule has 1 aliphatic rings. The summed E-state index contributed by atoms with van der Waals surface area (Å²) in [6.45, 7) is 2.20. The minimum Gasteiger partial charge on any atom is -0.490 e. The Morgan fingerprint density at radius 1 is 1.04 bits per heavy atom. The molecule has 0 N–H and O–H groups in total. The number of halogens is 2. The molecule has 1 aliphatic heterocycles. The van der Waals surface area contributed by atoms with Crippen LogP contribution >= 0.6 is 27.5 Å². The first-order valence-electron chi connectivity index (χ1n) is 8.35. The van der Waals surface area contributed by atoms with E-state index in [2.05, 4.69) is 15.9 Å². The quantitative estimate of drug-likeness (QED) is 0.572. The first-order chi connectivity index (χ1) is 13.0. The Balaban J connectivity index is 1.51. The van der Waals surface area contributed by atoms with E-state index in [1.807, 2.05) is 6.07 Å². The van der Waals surface area contributed by atoms with E-state index in [0.29, 0.717) is 56.0 Å². The molecule has 0 unspecified atom stereocenters. The fraction of sp³-hybridized carbons (Fsp3) is 0.333. The van der Waals surface area contributed by atoms with Gasteiger partial charge >= 0.3 is 0 Å². The molecule has 0 aromatic heterocycles. The zero-order valence-corrected chi connectivity index (χ0v) is 17.6. The lowest BCUT2D eigenvalue weighted by molar-refractivity contribution is 0.0730. The fourth-order valence-electron chi connectivity index (χ4n) is 2.55. The van der Waals surface area contributed by atoms with Crippen LogP contribution in [-0.4, -0.2) is 52.2 Å². The van der Waals surface area contributed by atoms with E-state index < -0.39 is 10.0 Å². The average molecular weight is 477 g/mol. The summed E-state index contributed by atoms with van der Waals surface area (Å²) in [6.07, 6.45) is 0. The minimum absolute atomic E-state index is 0.245. The maximum atomic E-state index is 12.6. The molecule has 0 amide bonds. The predicted molar refractivity (Wildman–Crippen MR) is 106 cm³/mol. The topological polar surface area (TPSA) is 65.1 Å². The van der Waals surface area contributed by atoms with E-state index in [4.69, 9.17) is 25.8 Å². The normalized spacial score (nSPS) is 15.5. The van der Waals surface area contributed by atoms with Gasteiger partial charge in [-0.2, -0.15) is 4.31 Å². The van der Waals surface area contributed by atoms with Gasteiger partial charge in [0.1, 0.15) is 24.7 Å². The van der Waals surface area contributed by atoms with Crippen LogP contribution in [0.2, 0.25) is 5.02 Å². The van der Waals surface area contributed by atoms with Crippen molar-refractivity contribution in [3.63, 3.8) is 0 Å². The second-order valence-corrected chi connectivity index (χ2v) is 9.02. The van der Waals surface area contributed by atoms with Crippen LogP contribution in [0.4, 0.5) is 0 Å². The van der Waals surface area contributed by atoms with Gasteiger partial charge in [0, 0.05) is 17.6 Å². The molecular formula is C18H19BrClNO5S. The van der Waals surface area contributed by atoms with E-state index >= 15 is 0 Å². The van der Waals surface area contributed by atoms with Gasteiger partial charge in [-0.3, -0.25) is 0 Å². The lowest BCUT2D eigenvalue weighted by Gasteiger charge is -2.26. The van der Waals surface area contributed by atoms with E-state index in [-0.39, 0.29) is 4.90 Å². The first kappa shape index (κ1) is 20.4. The Kier molecular flexibility index (Phi) is 6.99. The van der Waals surface area contributed by atoms with Gasteiger partial charge in [-0.15, -0.1) is 0 Å². The highest BCUT2D eigenvalue weighted by molar-refractivity contribution is 9.10. The third-order valence-corrected chi connectivity index (χ3v) is 6.64. The predicted octanol–water partition coefficient (Wildman–Crippen LogP) is 3.58. The smallest absolute Gasteiger partial charge is 0.243 e. The first-order valence-corrected chi connectivity index (χ1v) is 11.0. The van der Waals surface area contributed by atoms with E-state index in [1.54, 1.807) is 36.4 Å². The molecule has 2 aromatic rings. The molecule has 146 valence electrons. The second-order valence-electron chi connectivity index (χ2n) is 5.76. The van der Waals surface area contributed by atoms with Crippen LogP contribution in [0.1, 0.15) is 0 Å². The number of hydrogen-bond acceptors (Lipinski definition) is 5. The lowest BCUT2D eigenvalue weighted by atomic mass is 10.3. The molecule has 6 nitrogen and oxygen atoms in total. The van der Waals surface area contributed by atoms with Gasteiger partial charge in [-0.1, -0.05) is 27.5 Å². The monoisotopic (exact) mass is 475 g/mol. The van der Waals surface area contributed by atoms with Crippen LogP contribution in [0.25, 0.3) is 0 Å². The Hall–Kier alpha value is -1.32. The molecule has 0 bridgehead atoms.